The first-order valence-electron chi connectivity index (χ1n) is 6.51. The van der Waals surface area contributed by atoms with Crippen LogP contribution in [0.1, 0.15) is 43.8 Å². The highest BCUT2D eigenvalue weighted by atomic mass is 16.6. The van der Waals surface area contributed by atoms with E-state index in [4.69, 9.17) is 9.15 Å². The molecule has 0 aliphatic carbocycles. The largest absolute Gasteiger partial charge is 0.469 e. The van der Waals surface area contributed by atoms with Gasteiger partial charge in [-0.25, -0.2) is 4.79 Å². The Kier molecular flexibility index (Phi) is 5.19. The van der Waals surface area contributed by atoms with E-state index in [1.807, 2.05) is 0 Å². The fourth-order valence-electron chi connectivity index (χ4n) is 1.52. The van der Waals surface area contributed by atoms with Crippen LogP contribution in [0.15, 0.2) is 16.7 Å². The van der Waals surface area contributed by atoms with Crippen LogP contribution in [0, 0.1) is 6.92 Å². The van der Waals surface area contributed by atoms with Crippen LogP contribution in [0.2, 0.25) is 0 Å². The zero-order valence-electron chi connectivity index (χ0n) is 12.6. The van der Waals surface area contributed by atoms with E-state index >= 15 is 0 Å². The van der Waals surface area contributed by atoms with Crippen molar-refractivity contribution >= 4 is 12.0 Å². The van der Waals surface area contributed by atoms with Gasteiger partial charge in [0.25, 0.3) is 5.91 Å². The average Bonchev–Trinajstić information content (AvgIpc) is 2.69. The Hall–Kier alpha value is -1.98. The van der Waals surface area contributed by atoms with E-state index in [2.05, 4.69) is 10.6 Å². The number of furan rings is 1. The summed E-state index contributed by atoms with van der Waals surface area (Å²) >= 11 is 0. The normalized spacial score (nSPS) is 12.7. The second-order valence-electron chi connectivity index (χ2n) is 5.65. The van der Waals surface area contributed by atoms with Gasteiger partial charge >= 0.3 is 6.09 Å². The molecule has 0 fully saturated rings. The molecule has 0 bridgehead atoms. The van der Waals surface area contributed by atoms with Gasteiger partial charge in [0.1, 0.15) is 11.4 Å². The molecule has 0 aromatic carbocycles. The minimum Gasteiger partial charge on any atom is -0.469 e. The summed E-state index contributed by atoms with van der Waals surface area (Å²) in [6.45, 7) is 9.19. The molecule has 1 atom stereocenters. The van der Waals surface area contributed by atoms with E-state index in [0.717, 1.165) is 0 Å². The van der Waals surface area contributed by atoms with E-state index in [9.17, 15) is 9.59 Å². The van der Waals surface area contributed by atoms with Crippen LogP contribution >= 0.6 is 0 Å². The van der Waals surface area contributed by atoms with Gasteiger partial charge < -0.3 is 19.8 Å². The van der Waals surface area contributed by atoms with Gasteiger partial charge in [-0.05, 0) is 40.7 Å². The van der Waals surface area contributed by atoms with Gasteiger partial charge in [-0.3, -0.25) is 4.79 Å². The molecule has 1 unspecified atom stereocenters. The lowest BCUT2D eigenvalue weighted by atomic mass is 10.2. The molecule has 0 saturated carbocycles. The molecule has 6 heteroatoms. The third-order valence-electron chi connectivity index (χ3n) is 2.44. The van der Waals surface area contributed by atoms with Crippen molar-refractivity contribution in [2.75, 3.05) is 6.54 Å². The lowest BCUT2D eigenvalue weighted by molar-refractivity contribution is 0.0506. The Morgan fingerprint density at radius 2 is 2.05 bits per heavy atom. The Morgan fingerprint density at radius 1 is 1.40 bits per heavy atom. The number of carbonyl (C=O) groups excluding carboxylic acids is 2. The lowest BCUT2D eigenvalue weighted by Gasteiger charge is -2.22. The van der Waals surface area contributed by atoms with Crippen molar-refractivity contribution < 1.29 is 18.7 Å². The van der Waals surface area contributed by atoms with Gasteiger partial charge in [0.15, 0.2) is 0 Å². The van der Waals surface area contributed by atoms with Crippen molar-refractivity contribution in [2.24, 2.45) is 0 Å². The van der Waals surface area contributed by atoms with Crippen LogP contribution in [0.4, 0.5) is 4.79 Å². The summed E-state index contributed by atoms with van der Waals surface area (Å²) in [5.74, 6) is 0.337. The van der Waals surface area contributed by atoms with Gasteiger partial charge in [0.2, 0.25) is 0 Å². The second-order valence-corrected chi connectivity index (χ2v) is 5.65. The molecule has 112 valence electrons. The van der Waals surface area contributed by atoms with Gasteiger partial charge in [-0.2, -0.15) is 0 Å². The van der Waals surface area contributed by atoms with Crippen LogP contribution in [-0.4, -0.2) is 30.2 Å². The monoisotopic (exact) mass is 282 g/mol. The first-order chi connectivity index (χ1) is 9.19. The highest BCUT2D eigenvalue weighted by Crippen LogP contribution is 2.08. The first-order valence-corrected chi connectivity index (χ1v) is 6.51. The molecular weight excluding hydrogens is 260 g/mol. The third kappa shape index (κ3) is 5.34. The molecule has 1 aromatic heterocycles. The molecule has 0 spiro atoms. The maximum absolute atomic E-state index is 11.8. The van der Waals surface area contributed by atoms with E-state index in [1.165, 1.54) is 6.26 Å². The number of carbonyl (C=O) groups is 2. The zero-order valence-corrected chi connectivity index (χ0v) is 12.6. The summed E-state index contributed by atoms with van der Waals surface area (Å²) < 4.78 is 10.2. The Bertz CT molecular complexity index is 474. The van der Waals surface area contributed by atoms with Gasteiger partial charge in [-0.15, -0.1) is 0 Å². The van der Waals surface area contributed by atoms with Crippen LogP contribution in [0.25, 0.3) is 0 Å². The van der Waals surface area contributed by atoms with Crippen molar-refractivity contribution in [3.8, 4) is 0 Å². The SMILES string of the molecule is Cc1occc1C(=O)NCC(C)NC(=O)OC(C)(C)C. The zero-order chi connectivity index (χ0) is 15.3. The summed E-state index contributed by atoms with van der Waals surface area (Å²) in [6, 6.07) is 1.37. The minimum atomic E-state index is -0.541. The van der Waals surface area contributed by atoms with Crippen molar-refractivity contribution in [1.29, 1.82) is 0 Å². The van der Waals surface area contributed by atoms with Gasteiger partial charge in [-0.1, -0.05) is 0 Å². The third-order valence-corrected chi connectivity index (χ3v) is 2.44. The smallest absolute Gasteiger partial charge is 0.407 e. The molecule has 1 aromatic rings. The summed E-state index contributed by atoms with van der Waals surface area (Å²) in [5, 5.41) is 5.38. The van der Waals surface area contributed by atoms with Gasteiger partial charge in [0, 0.05) is 12.6 Å². The number of alkyl carbamates (subject to hydrolysis) is 1. The topological polar surface area (TPSA) is 80.6 Å². The van der Waals surface area contributed by atoms with E-state index < -0.39 is 11.7 Å². The Labute approximate surface area is 118 Å². The molecule has 0 aliphatic heterocycles. The summed E-state index contributed by atoms with van der Waals surface area (Å²) in [6.07, 6.45) is 0.964. The Morgan fingerprint density at radius 3 is 2.55 bits per heavy atom. The standard InChI is InChI=1S/C14H22N2O4/c1-9(16-13(18)20-14(3,4)5)8-15-12(17)11-6-7-19-10(11)2/h6-7,9H,8H2,1-5H3,(H,15,17)(H,16,18). The van der Waals surface area contributed by atoms with Crippen LogP contribution in [0.3, 0.4) is 0 Å². The summed E-state index contributed by atoms with van der Waals surface area (Å²) in [7, 11) is 0. The van der Waals surface area contributed by atoms with Crippen molar-refractivity contribution in [1.82, 2.24) is 10.6 Å². The highest BCUT2D eigenvalue weighted by molar-refractivity contribution is 5.95. The number of aryl methyl sites for hydroxylation is 1. The van der Waals surface area contributed by atoms with E-state index in [1.54, 1.807) is 40.7 Å². The van der Waals surface area contributed by atoms with Crippen molar-refractivity contribution in [3.05, 3.63) is 23.7 Å². The fraction of sp³-hybridized carbons (Fsp3) is 0.571. The Balaban J connectivity index is 2.37. The van der Waals surface area contributed by atoms with Crippen LogP contribution in [0.5, 0.6) is 0 Å². The molecule has 0 radical (unpaired) electrons. The average molecular weight is 282 g/mol. The number of rotatable bonds is 4. The number of nitrogens with one attached hydrogen (secondary N) is 2. The molecule has 20 heavy (non-hydrogen) atoms. The van der Waals surface area contributed by atoms with E-state index in [0.29, 0.717) is 17.9 Å². The predicted molar refractivity (Wildman–Crippen MR) is 74.6 cm³/mol. The highest BCUT2D eigenvalue weighted by Gasteiger charge is 2.18. The lowest BCUT2D eigenvalue weighted by Crippen LogP contribution is -2.43. The summed E-state index contributed by atoms with van der Waals surface area (Å²) in [4.78, 5) is 23.4. The predicted octanol–water partition coefficient (Wildman–Crippen LogP) is 2.23. The minimum absolute atomic E-state index is 0.228. The molecule has 0 saturated heterocycles. The molecule has 2 amide bonds. The molecular formula is C14H22N2O4. The number of ether oxygens (including phenoxy) is 1. The van der Waals surface area contributed by atoms with Crippen molar-refractivity contribution in [2.45, 2.75) is 46.3 Å². The van der Waals surface area contributed by atoms with Crippen LogP contribution < -0.4 is 10.6 Å². The van der Waals surface area contributed by atoms with Crippen LogP contribution in [-0.2, 0) is 4.74 Å². The molecule has 1 heterocycles. The maximum atomic E-state index is 11.8. The summed E-state index contributed by atoms with van der Waals surface area (Å²) in [5.41, 5.74) is -0.0458. The molecule has 2 N–H and O–H groups in total. The number of hydrogen-bond acceptors (Lipinski definition) is 4. The second kappa shape index (κ2) is 6.45. The molecule has 6 nitrogen and oxygen atoms in total. The maximum Gasteiger partial charge on any atom is 0.407 e. The van der Waals surface area contributed by atoms with Crippen molar-refractivity contribution in [3.63, 3.8) is 0 Å². The fourth-order valence-corrected chi connectivity index (χ4v) is 1.52. The van der Waals surface area contributed by atoms with Gasteiger partial charge in [0.05, 0.1) is 11.8 Å². The first kappa shape index (κ1) is 16.1. The number of hydrogen-bond donors (Lipinski definition) is 2. The number of amides is 2. The quantitative estimate of drug-likeness (QED) is 0.887. The molecule has 0 aliphatic rings. The molecule has 1 rings (SSSR count). The van der Waals surface area contributed by atoms with E-state index in [-0.39, 0.29) is 11.9 Å².